The van der Waals surface area contributed by atoms with Gasteiger partial charge in [0.2, 0.25) is 11.8 Å². The fourth-order valence-electron chi connectivity index (χ4n) is 2.57. The highest BCUT2D eigenvalue weighted by Crippen LogP contribution is 2.32. The van der Waals surface area contributed by atoms with Gasteiger partial charge in [0.1, 0.15) is 5.03 Å². The first-order valence-electron chi connectivity index (χ1n) is 7.70. The second-order valence-corrected chi connectivity index (χ2v) is 6.97. The minimum atomic E-state index is -1.11. The molecule has 2 aromatic rings. The highest BCUT2D eigenvalue weighted by Gasteiger charge is 2.39. The van der Waals surface area contributed by atoms with Gasteiger partial charge in [-0.25, -0.2) is 9.78 Å². The molecule has 0 saturated carbocycles. The lowest BCUT2D eigenvalue weighted by Gasteiger charge is -2.15. The second-order valence-electron chi connectivity index (χ2n) is 5.78. The van der Waals surface area contributed by atoms with Gasteiger partial charge in [-0.1, -0.05) is 41.6 Å². The fraction of sp³-hybridized carbons (Fsp3) is 0.222. The molecule has 1 saturated heterocycles. The topological polar surface area (TPSA) is 87.6 Å². The third-order valence-corrected chi connectivity index (χ3v) is 5.12. The van der Waals surface area contributed by atoms with Crippen molar-refractivity contribution < 1.29 is 19.5 Å². The number of nitrogens with zero attached hydrogens (tertiary/aromatic N) is 2. The zero-order valence-electron chi connectivity index (χ0n) is 13.5. The van der Waals surface area contributed by atoms with Crippen LogP contribution in [0.3, 0.4) is 0 Å². The number of aromatic nitrogens is 1. The maximum Gasteiger partial charge on any atom is 0.338 e. The normalized spacial score (nSPS) is 17.2. The summed E-state index contributed by atoms with van der Waals surface area (Å²) in [5.74, 6) is -1.67. The van der Waals surface area contributed by atoms with Gasteiger partial charge in [0.05, 0.1) is 17.4 Å². The molecule has 0 bridgehead atoms. The third-order valence-electron chi connectivity index (χ3n) is 3.92. The molecule has 0 radical (unpaired) electrons. The number of thioether (sulfide) groups is 1. The summed E-state index contributed by atoms with van der Waals surface area (Å²) in [5.41, 5.74) is 2.01. The van der Waals surface area contributed by atoms with Gasteiger partial charge in [0.25, 0.3) is 0 Å². The summed E-state index contributed by atoms with van der Waals surface area (Å²) in [6.45, 7) is 2.19. The van der Waals surface area contributed by atoms with E-state index < -0.39 is 11.2 Å². The van der Waals surface area contributed by atoms with Crippen molar-refractivity contribution in [1.82, 2.24) is 9.88 Å². The first kappa shape index (κ1) is 17.2. The molecule has 128 valence electrons. The minimum Gasteiger partial charge on any atom is -0.478 e. The molecule has 0 spiro atoms. The molecule has 1 aliphatic rings. The van der Waals surface area contributed by atoms with Crippen molar-refractivity contribution in [3.8, 4) is 0 Å². The Balaban J connectivity index is 1.75. The molecule has 1 fully saturated rings. The Morgan fingerprint density at radius 2 is 2.00 bits per heavy atom. The van der Waals surface area contributed by atoms with Gasteiger partial charge in [-0.15, -0.1) is 0 Å². The SMILES string of the molecule is Cc1ccc(CN2C(=O)C[C@H](Sc3ncccc3C(=O)O)C2=O)cc1. The van der Waals surface area contributed by atoms with E-state index in [-0.39, 0.29) is 35.4 Å². The number of carbonyl (C=O) groups is 3. The van der Waals surface area contributed by atoms with Gasteiger partial charge in [-0.05, 0) is 24.6 Å². The Morgan fingerprint density at radius 1 is 1.28 bits per heavy atom. The molecule has 7 heteroatoms. The van der Waals surface area contributed by atoms with Crippen LogP contribution >= 0.6 is 11.8 Å². The van der Waals surface area contributed by atoms with Gasteiger partial charge in [0.15, 0.2) is 0 Å². The van der Waals surface area contributed by atoms with Crippen LogP contribution in [0.25, 0.3) is 0 Å². The summed E-state index contributed by atoms with van der Waals surface area (Å²) < 4.78 is 0. The van der Waals surface area contributed by atoms with E-state index in [4.69, 9.17) is 0 Å². The molecular weight excluding hydrogens is 340 g/mol. The first-order chi connectivity index (χ1) is 12.0. The van der Waals surface area contributed by atoms with Crippen LogP contribution in [0, 0.1) is 6.92 Å². The van der Waals surface area contributed by atoms with E-state index in [2.05, 4.69) is 4.98 Å². The molecule has 0 unspecified atom stereocenters. The van der Waals surface area contributed by atoms with Crippen molar-refractivity contribution in [2.24, 2.45) is 0 Å². The van der Waals surface area contributed by atoms with Crippen molar-refractivity contribution in [2.45, 2.75) is 30.2 Å². The molecule has 0 aliphatic carbocycles. The number of carboxylic acid groups (broad SMARTS) is 1. The molecule has 3 rings (SSSR count). The summed E-state index contributed by atoms with van der Waals surface area (Å²) in [6, 6.07) is 10.6. The summed E-state index contributed by atoms with van der Waals surface area (Å²) >= 11 is 1.03. The van der Waals surface area contributed by atoms with E-state index in [1.807, 2.05) is 31.2 Å². The highest BCUT2D eigenvalue weighted by atomic mass is 32.2. The number of aryl methyl sites for hydroxylation is 1. The lowest BCUT2D eigenvalue weighted by molar-refractivity contribution is -0.138. The van der Waals surface area contributed by atoms with Crippen LogP contribution in [0.15, 0.2) is 47.6 Å². The molecule has 1 N–H and O–H groups in total. The molecule has 25 heavy (non-hydrogen) atoms. The van der Waals surface area contributed by atoms with Gasteiger partial charge in [-0.3, -0.25) is 14.5 Å². The predicted molar refractivity (Wildman–Crippen MR) is 92.2 cm³/mol. The maximum atomic E-state index is 12.6. The summed E-state index contributed by atoms with van der Waals surface area (Å²) in [7, 11) is 0. The number of carbonyl (C=O) groups excluding carboxylic acids is 2. The number of amides is 2. The zero-order chi connectivity index (χ0) is 18.0. The average molecular weight is 356 g/mol. The van der Waals surface area contributed by atoms with Crippen molar-refractivity contribution in [2.75, 3.05) is 0 Å². The number of aromatic carboxylic acids is 1. The van der Waals surface area contributed by atoms with Crippen LogP contribution in [-0.2, 0) is 16.1 Å². The summed E-state index contributed by atoms with van der Waals surface area (Å²) in [4.78, 5) is 41.3. The maximum absolute atomic E-state index is 12.6. The van der Waals surface area contributed by atoms with Crippen LogP contribution in [0.1, 0.15) is 27.9 Å². The Kier molecular flexibility index (Phi) is 4.85. The lowest BCUT2D eigenvalue weighted by atomic mass is 10.1. The number of pyridine rings is 1. The largest absolute Gasteiger partial charge is 0.478 e. The lowest BCUT2D eigenvalue weighted by Crippen LogP contribution is -2.30. The van der Waals surface area contributed by atoms with Crippen molar-refractivity contribution in [3.63, 3.8) is 0 Å². The van der Waals surface area contributed by atoms with Crippen LogP contribution in [0.2, 0.25) is 0 Å². The molecule has 1 atom stereocenters. The first-order valence-corrected chi connectivity index (χ1v) is 8.58. The van der Waals surface area contributed by atoms with Gasteiger partial charge in [-0.2, -0.15) is 0 Å². The van der Waals surface area contributed by atoms with E-state index >= 15 is 0 Å². The fourth-order valence-corrected chi connectivity index (χ4v) is 3.70. The number of rotatable bonds is 5. The van der Waals surface area contributed by atoms with Crippen molar-refractivity contribution in [1.29, 1.82) is 0 Å². The molecule has 2 amide bonds. The van der Waals surface area contributed by atoms with Crippen LogP contribution in [0.4, 0.5) is 0 Å². The molecule has 1 aliphatic heterocycles. The van der Waals surface area contributed by atoms with Crippen LogP contribution in [-0.4, -0.2) is 38.0 Å². The monoisotopic (exact) mass is 356 g/mol. The van der Waals surface area contributed by atoms with Crippen molar-refractivity contribution >= 4 is 29.5 Å². The van der Waals surface area contributed by atoms with Crippen LogP contribution in [0.5, 0.6) is 0 Å². The number of carboxylic acids is 1. The van der Waals surface area contributed by atoms with Crippen LogP contribution < -0.4 is 0 Å². The number of likely N-dealkylation sites (tertiary alicyclic amines) is 1. The molecular formula is C18H16N2O4S. The molecule has 1 aromatic carbocycles. The highest BCUT2D eigenvalue weighted by molar-refractivity contribution is 8.00. The summed E-state index contributed by atoms with van der Waals surface area (Å²) in [6.07, 6.45) is 1.52. The van der Waals surface area contributed by atoms with E-state index in [1.165, 1.54) is 23.2 Å². The number of hydrogen-bond acceptors (Lipinski definition) is 5. The Bertz CT molecular complexity index is 835. The Hall–Kier alpha value is -2.67. The molecule has 2 heterocycles. The summed E-state index contributed by atoms with van der Waals surface area (Å²) in [5, 5.41) is 8.81. The standard InChI is InChI=1S/C18H16N2O4S/c1-11-4-6-12(7-5-11)10-20-15(21)9-14(17(20)22)25-16-13(18(23)24)3-2-8-19-16/h2-8,14H,9-10H2,1H3,(H,23,24)/t14-/m0/s1. The molecule has 1 aromatic heterocycles. The average Bonchev–Trinajstić information content (AvgIpc) is 2.84. The van der Waals surface area contributed by atoms with E-state index in [9.17, 15) is 19.5 Å². The number of imide groups is 1. The Labute approximate surface area is 148 Å². The molecule has 6 nitrogen and oxygen atoms in total. The Morgan fingerprint density at radius 3 is 2.68 bits per heavy atom. The van der Waals surface area contributed by atoms with E-state index in [0.717, 1.165) is 22.9 Å². The quantitative estimate of drug-likeness (QED) is 0.828. The van der Waals surface area contributed by atoms with Gasteiger partial charge < -0.3 is 5.11 Å². The number of benzene rings is 1. The van der Waals surface area contributed by atoms with E-state index in [0.29, 0.717) is 0 Å². The van der Waals surface area contributed by atoms with Gasteiger partial charge >= 0.3 is 5.97 Å². The zero-order valence-corrected chi connectivity index (χ0v) is 14.3. The van der Waals surface area contributed by atoms with Gasteiger partial charge in [0, 0.05) is 12.6 Å². The predicted octanol–water partition coefficient (Wildman–Crippen LogP) is 2.51. The van der Waals surface area contributed by atoms with Crippen molar-refractivity contribution in [3.05, 3.63) is 59.3 Å². The minimum absolute atomic E-state index is 0.0322. The smallest absolute Gasteiger partial charge is 0.338 e. The van der Waals surface area contributed by atoms with E-state index in [1.54, 1.807) is 0 Å². The number of hydrogen-bond donors (Lipinski definition) is 1. The third kappa shape index (κ3) is 3.71. The second kappa shape index (κ2) is 7.06.